The number of hydrogen-bond donors (Lipinski definition) is 1. The van der Waals surface area contributed by atoms with Crippen LogP contribution in [0.2, 0.25) is 0 Å². The third-order valence-electron chi connectivity index (χ3n) is 2.44. The van der Waals surface area contributed by atoms with Gasteiger partial charge in [-0.3, -0.25) is 0 Å². The molecule has 1 N–H and O–H groups in total. The second-order valence-electron chi connectivity index (χ2n) is 4.33. The van der Waals surface area contributed by atoms with E-state index in [-0.39, 0.29) is 0 Å². The Morgan fingerprint density at radius 2 is 2.13 bits per heavy atom. The van der Waals surface area contributed by atoms with E-state index in [9.17, 15) is 0 Å². The molecular formula is C10H18N4S. The number of anilines is 1. The van der Waals surface area contributed by atoms with Gasteiger partial charge in [-0.25, -0.2) is 4.98 Å². The van der Waals surface area contributed by atoms with E-state index in [1.807, 2.05) is 0 Å². The van der Waals surface area contributed by atoms with Crippen LogP contribution in [0.3, 0.4) is 0 Å². The molecule has 84 valence electrons. The highest BCUT2D eigenvalue weighted by molar-refractivity contribution is 7.09. The number of rotatable bonds is 3. The Morgan fingerprint density at radius 3 is 2.80 bits per heavy atom. The second kappa shape index (κ2) is 4.90. The lowest BCUT2D eigenvalue weighted by atomic mass is 10.1. The third kappa shape index (κ3) is 2.89. The number of hydrogen-bond acceptors (Lipinski definition) is 5. The minimum Gasteiger partial charge on any atom is -0.344 e. The van der Waals surface area contributed by atoms with Crippen molar-refractivity contribution in [2.75, 3.05) is 31.1 Å². The van der Waals surface area contributed by atoms with Crippen molar-refractivity contribution < 1.29 is 0 Å². The zero-order valence-electron chi connectivity index (χ0n) is 9.36. The summed E-state index contributed by atoms with van der Waals surface area (Å²) in [5.41, 5.74) is 0. The fourth-order valence-electron chi connectivity index (χ4n) is 1.68. The molecule has 1 aromatic rings. The summed E-state index contributed by atoms with van der Waals surface area (Å²) in [6, 6.07) is 0. The van der Waals surface area contributed by atoms with Crippen LogP contribution in [0.4, 0.5) is 5.13 Å². The topological polar surface area (TPSA) is 41.1 Å². The maximum Gasteiger partial charge on any atom is 0.205 e. The molecular weight excluding hydrogens is 208 g/mol. The van der Waals surface area contributed by atoms with Crippen LogP contribution in [0, 0.1) is 5.92 Å². The normalized spacial score (nSPS) is 17.4. The molecule has 0 amide bonds. The highest BCUT2D eigenvalue weighted by Crippen LogP contribution is 2.18. The lowest BCUT2D eigenvalue weighted by molar-refractivity contribution is 0.585. The van der Waals surface area contributed by atoms with Crippen molar-refractivity contribution >= 4 is 16.7 Å². The van der Waals surface area contributed by atoms with Crippen molar-refractivity contribution in [2.24, 2.45) is 5.92 Å². The van der Waals surface area contributed by atoms with E-state index in [1.165, 1.54) is 11.5 Å². The first kappa shape index (κ1) is 10.8. The molecule has 1 aliphatic heterocycles. The van der Waals surface area contributed by atoms with Crippen molar-refractivity contribution in [1.82, 2.24) is 14.7 Å². The average Bonchev–Trinajstić information content (AvgIpc) is 2.67. The Balaban J connectivity index is 1.99. The summed E-state index contributed by atoms with van der Waals surface area (Å²) in [5.74, 6) is 1.64. The largest absolute Gasteiger partial charge is 0.344 e. The van der Waals surface area contributed by atoms with Crippen LogP contribution < -0.4 is 10.2 Å². The van der Waals surface area contributed by atoms with Crippen LogP contribution >= 0.6 is 11.5 Å². The van der Waals surface area contributed by atoms with Gasteiger partial charge in [-0.2, -0.15) is 4.37 Å². The zero-order valence-corrected chi connectivity index (χ0v) is 10.2. The number of nitrogens with zero attached hydrogens (tertiary/aromatic N) is 3. The fourth-order valence-corrected chi connectivity index (χ4v) is 2.42. The van der Waals surface area contributed by atoms with E-state index in [1.54, 1.807) is 0 Å². The predicted octanol–water partition coefficient (Wildman–Crippen LogP) is 1.15. The van der Waals surface area contributed by atoms with Gasteiger partial charge >= 0.3 is 0 Å². The van der Waals surface area contributed by atoms with Crippen LogP contribution in [0.1, 0.15) is 19.7 Å². The molecule has 4 nitrogen and oxygen atoms in total. The van der Waals surface area contributed by atoms with Gasteiger partial charge in [-0.05, 0) is 5.92 Å². The molecule has 0 bridgehead atoms. The highest BCUT2D eigenvalue weighted by Gasteiger charge is 2.15. The van der Waals surface area contributed by atoms with Crippen molar-refractivity contribution in [1.29, 1.82) is 0 Å². The van der Waals surface area contributed by atoms with Gasteiger partial charge in [-0.15, -0.1) is 0 Å². The smallest absolute Gasteiger partial charge is 0.205 e. The highest BCUT2D eigenvalue weighted by atomic mass is 32.1. The van der Waals surface area contributed by atoms with Gasteiger partial charge in [0, 0.05) is 44.1 Å². The molecule has 1 fully saturated rings. The number of aromatic nitrogens is 2. The van der Waals surface area contributed by atoms with E-state index in [0.717, 1.165) is 43.6 Å². The van der Waals surface area contributed by atoms with Crippen molar-refractivity contribution in [3.8, 4) is 0 Å². The standard InChI is InChI=1S/C10H18N4S/c1-8(2)7-9-12-10(15-13-9)14-5-3-11-4-6-14/h8,11H,3-7H2,1-2H3. The fraction of sp³-hybridized carbons (Fsp3) is 0.800. The monoisotopic (exact) mass is 226 g/mol. The van der Waals surface area contributed by atoms with Gasteiger partial charge in [0.15, 0.2) is 0 Å². The first-order valence-electron chi connectivity index (χ1n) is 5.54. The SMILES string of the molecule is CC(C)Cc1nsc(N2CCNCC2)n1. The molecule has 0 atom stereocenters. The molecule has 5 heteroatoms. The molecule has 0 aliphatic carbocycles. The summed E-state index contributed by atoms with van der Waals surface area (Å²) in [4.78, 5) is 6.90. The summed E-state index contributed by atoms with van der Waals surface area (Å²) in [5, 5.41) is 4.43. The quantitative estimate of drug-likeness (QED) is 0.839. The Kier molecular flexibility index (Phi) is 3.53. The van der Waals surface area contributed by atoms with Crippen LogP contribution in [0.5, 0.6) is 0 Å². The number of nitrogens with one attached hydrogen (secondary N) is 1. The summed E-state index contributed by atoms with van der Waals surface area (Å²) < 4.78 is 4.40. The van der Waals surface area contributed by atoms with E-state index < -0.39 is 0 Å². The zero-order chi connectivity index (χ0) is 10.7. The van der Waals surface area contributed by atoms with Gasteiger partial charge in [-0.1, -0.05) is 13.8 Å². The van der Waals surface area contributed by atoms with Crippen LogP contribution in [-0.4, -0.2) is 35.5 Å². The summed E-state index contributed by atoms with van der Waals surface area (Å²) in [6.07, 6.45) is 0.989. The Bertz CT molecular complexity index is 304. The van der Waals surface area contributed by atoms with E-state index in [4.69, 9.17) is 0 Å². The molecule has 0 unspecified atom stereocenters. The van der Waals surface area contributed by atoms with Gasteiger partial charge in [0.05, 0.1) is 0 Å². The second-order valence-corrected chi connectivity index (χ2v) is 5.06. The first-order valence-corrected chi connectivity index (χ1v) is 6.31. The van der Waals surface area contributed by atoms with Gasteiger partial charge in [0.2, 0.25) is 5.13 Å². The third-order valence-corrected chi connectivity index (χ3v) is 3.25. The molecule has 0 aromatic carbocycles. The summed E-state index contributed by atoms with van der Waals surface area (Å²) in [6.45, 7) is 8.61. The lowest BCUT2D eigenvalue weighted by Crippen LogP contribution is -2.43. The summed E-state index contributed by atoms with van der Waals surface area (Å²) in [7, 11) is 0. The Hall–Kier alpha value is -0.680. The van der Waals surface area contributed by atoms with Crippen LogP contribution in [-0.2, 0) is 6.42 Å². The Morgan fingerprint density at radius 1 is 1.40 bits per heavy atom. The molecule has 0 saturated carbocycles. The molecule has 15 heavy (non-hydrogen) atoms. The number of piperazine rings is 1. The minimum atomic E-state index is 0.635. The van der Waals surface area contributed by atoms with Gasteiger partial charge in [0.1, 0.15) is 5.82 Å². The molecule has 1 saturated heterocycles. The molecule has 0 spiro atoms. The average molecular weight is 226 g/mol. The molecule has 2 rings (SSSR count). The molecule has 1 aliphatic rings. The van der Waals surface area contributed by atoms with Crippen molar-refractivity contribution in [3.63, 3.8) is 0 Å². The van der Waals surface area contributed by atoms with Gasteiger partial charge in [0.25, 0.3) is 0 Å². The lowest BCUT2D eigenvalue weighted by Gasteiger charge is -2.26. The summed E-state index contributed by atoms with van der Waals surface area (Å²) >= 11 is 1.54. The van der Waals surface area contributed by atoms with Crippen molar-refractivity contribution in [2.45, 2.75) is 20.3 Å². The minimum absolute atomic E-state index is 0.635. The van der Waals surface area contributed by atoms with E-state index >= 15 is 0 Å². The van der Waals surface area contributed by atoms with Crippen molar-refractivity contribution in [3.05, 3.63) is 5.82 Å². The Labute approximate surface area is 94.9 Å². The van der Waals surface area contributed by atoms with Gasteiger partial charge < -0.3 is 10.2 Å². The van der Waals surface area contributed by atoms with E-state index in [2.05, 4.69) is 33.4 Å². The van der Waals surface area contributed by atoms with Crippen LogP contribution in [0.25, 0.3) is 0 Å². The van der Waals surface area contributed by atoms with Crippen LogP contribution in [0.15, 0.2) is 0 Å². The maximum absolute atomic E-state index is 4.58. The molecule has 0 radical (unpaired) electrons. The van der Waals surface area contributed by atoms with E-state index in [0.29, 0.717) is 5.92 Å². The predicted molar refractivity (Wildman–Crippen MR) is 63.5 cm³/mol. The maximum atomic E-state index is 4.58. The molecule has 1 aromatic heterocycles. The first-order chi connectivity index (χ1) is 7.25. The molecule has 2 heterocycles.